The maximum atomic E-state index is 12.2. The number of carbonyl (C=O) groups excluding carboxylic acids is 1. The summed E-state index contributed by atoms with van der Waals surface area (Å²) in [6, 6.07) is 15.3. The fourth-order valence-corrected chi connectivity index (χ4v) is 4.66. The Labute approximate surface area is 186 Å². The molecule has 1 aliphatic rings. The molecule has 1 amide bonds. The van der Waals surface area contributed by atoms with Crippen LogP contribution < -0.4 is 10.6 Å². The highest BCUT2D eigenvalue weighted by atomic mass is 35.5. The molecule has 0 spiro atoms. The number of nitrogens with zero attached hydrogens (tertiary/aromatic N) is 2. The highest BCUT2D eigenvalue weighted by Gasteiger charge is 2.26. The number of phenolic OH excluding ortho intramolecular Hbond substituents is 1. The van der Waals surface area contributed by atoms with Crippen LogP contribution in [0.15, 0.2) is 48.5 Å². The lowest BCUT2D eigenvalue weighted by Gasteiger charge is -2.35. The predicted octanol–water partition coefficient (Wildman–Crippen LogP) is 3.58. The van der Waals surface area contributed by atoms with Crippen molar-refractivity contribution in [1.29, 1.82) is 0 Å². The van der Waals surface area contributed by atoms with Gasteiger partial charge in [-0.3, -0.25) is 9.69 Å². The zero-order valence-electron chi connectivity index (χ0n) is 16.7. The second-order valence-corrected chi connectivity index (χ2v) is 8.10. The molecule has 1 aromatic heterocycles. The second-order valence-electron chi connectivity index (χ2n) is 7.30. The zero-order valence-corrected chi connectivity index (χ0v) is 18.3. The van der Waals surface area contributed by atoms with Crippen LogP contribution in [0.2, 0.25) is 0 Å². The van der Waals surface area contributed by atoms with Crippen molar-refractivity contribution >= 4 is 39.9 Å². The van der Waals surface area contributed by atoms with Gasteiger partial charge in [0.2, 0.25) is 0 Å². The predicted molar refractivity (Wildman–Crippen MR) is 124 cm³/mol. The number of piperazine rings is 1. The highest BCUT2D eigenvalue weighted by Crippen LogP contribution is 2.31. The molecule has 1 saturated heterocycles. The van der Waals surface area contributed by atoms with Gasteiger partial charge in [-0.25, -0.2) is 0 Å². The molecule has 8 heteroatoms. The minimum absolute atomic E-state index is 0. The molecule has 6 nitrogen and oxygen atoms in total. The number of fused-ring (bicyclic) bond motifs is 1. The Morgan fingerprint density at radius 2 is 2.00 bits per heavy atom. The summed E-state index contributed by atoms with van der Waals surface area (Å²) in [6.45, 7) is 4.48. The maximum Gasteiger partial charge on any atom is 0.255 e. The molecule has 30 heavy (non-hydrogen) atoms. The van der Waals surface area contributed by atoms with Crippen LogP contribution in [0.1, 0.15) is 34.9 Å². The molecule has 3 aromatic rings. The molecule has 1 atom stereocenters. The van der Waals surface area contributed by atoms with Gasteiger partial charge < -0.3 is 15.7 Å². The summed E-state index contributed by atoms with van der Waals surface area (Å²) in [6.07, 6.45) is 1.90. The smallest absolute Gasteiger partial charge is 0.255 e. The number of aromatic nitrogens is 1. The summed E-state index contributed by atoms with van der Waals surface area (Å²) in [5.74, 6) is -0.207. The number of amides is 1. The minimum atomic E-state index is -0.225. The van der Waals surface area contributed by atoms with Gasteiger partial charge in [-0.05, 0) is 49.1 Å². The Morgan fingerprint density at radius 1 is 1.20 bits per heavy atom. The topological polar surface area (TPSA) is 77.5 Å². The fourth-order valence-electron chi connectivity index (χ4n) is 3.83. The third-order valence-corrected chi connectivity index (χ3v) is 6.22. The summed E-state index contributed by atoms with van der Waals surface area (Å²) >= 11 is 1.57. The van der Waals surface area contributed by atoms with Crippen molar-refractivity contribution in [3.63, 3.8) is 0 Å². The van der Waals surface area contributed by atoms with E-state index in [1.165, 1.54) is 21.8 Å². The third kappa shape index (κ3) is 5.10. The van der Waals surface area contributed by atoms with Crippen molar-refractivity contribution in [1.82, 2.24) is 19.9 Å². The van der Waals surface area contributed by atoms with E-state index in [1.807, 2.05) is 0 Å². The van der Waals surface area contributed by atoms with E-state index < -0.39 is 0 Å². The summed E-state index contributed by atoms with van der Waals surface area (Å²) in [5, 5.41) is 17.4. The number of benzene rings is 2. The lowest BCUT2D eigenvalue weighted by Crippen LogP contribution is -2.46. The van der Waals surface area contributed by atoms with E-state index in [2.05, 4.69) is 39.8 Å². The average molecular weight is 447 g/mol. The number of unbranched alkanes of at least 4 members (excludes halogenated alkanes) is 1. The average Bonchev–Trinajstić information content (AvgIpc) is 3.18. The van der Waals surface area contributed by atoms with E-state index in [0.717, 1.165) is 39.0 Å². The Morgan fingerprint density at radius 3 is 2.87 bits per heavy atom. The first-order chi connectivity index (χ1) is 14.2. The van der Waals surface area contributed by atoms with Crippen LogP contribution in [0.4, 0.5) is 0 Å². The molecule has 0 radical (unpaired) electrons. The van der Waals surface area contributed by atoms with Crippen molar-refractivity contribution in [2.75, 3.05) is 32.7 Å². The maximum absolute atomic E-state index is 12.2. The van der Waals surface area contributed by atoms with Crippen LogP contribution in [0.25, 0.3) is 10.1 Å². The monoisotopic (exact) mass is 446 g/mol. The SMILES string of the molecule is Cl.O=C(NCCCCN1CCNCC1c1nsc2ccccc12)c1ccccc1O. The van der Waals surface area contributed by atoms with Gasteiger partial charge in [-0.2, -0.15) is 4.37 Å². The number of phenols is 1. The number of hydrogen-bond donors (Lipinski definition) is 3. The molecule has 0 saturated carbocycles. The van der Waals surface area contributed by atoms with Gasteiger partial charge in [0, 0.05) is 31.6 Å². The number of carbonyl (C=O) groups is 1. The number of rotatable bonds is 7. The molecule has 1 unspecified atom stereocenters. The lowest BCUT2D eigenvalue weighted by molar-refractivity contribution is 0.0949. The Hall–Kier alpha value is -2.19. The fraction of sp³-hybridized carbons (Fsp3) is 0.364. The number of nitrogens with one attached hydrogen (secondary N) is 2. The van der Waals surface area contributed by atoms with Gasteiger partial charge >= 0.3 is 0 Å². The summed E-state index contributed by atoms with van der Waals surface area (Å²) in [4.78, 5) is 14.7. The zero-order chi connectivity index (χ0) is 20.1. The van der Waals surface area contributed by atoms with E-state index in [4.69, 9.17) is 4.37 Å². The van der Waals surface area contributed by atoms with Gasteiger partial charge in [0.1, 0.15) is 5.75 Å². The summed E-state index contributed by atoms with van der Waals surface area (Å²) < 4.78 is 5.99. The van der Waals surface area contributed by atoms with Crippen LogP contribution in [0.5, 0.6) is 5.75 Å². The van der Waals surface area contributed by atoms with Crippen LogP contribution in [-0.2, 0) is 0 Å². The van der Waals surface area contributed by atoms with Gasteiger partial charge in [0.15, 0.2) is 0 Å². The Bertz CT molecular complexity index is 980. The first-order valence-electron chi connectivity index (χ1n) is 10.1. The molecule has 2 aromatic carbocycles. The molecular weight excluding hydrogens is 420 g/mol. The second kappa shape index (κ2) is 10.7. The normalized spacial score (nSPS) is 16.9. The van der Waals surface area contributed by atoms with Crippen molar-refractivity contribution in [3.05, 3.63) is 59.8 Å². The van der Waals surface area contributed by atoms with Crippen LogP contribution in [-0.4, -0.2) is 53.0 Å². The molecule has 0 aliphatic carbocycles. The number of aromatic hydroxyl groups is 1. The number of para-hydroxylation sites is 1. The van der Waals surface area contributed by atoms with E-state index in [9.17, 15) is 9.90 Å². The number of halogens is 1. The van der Waals surface area contributed by atoms with Gasteiger partial charge in [-0.15, -0.1) is 12.4 Å². The van der Waals surface area contributed by atoms with E-state index in [-0.39, 0.29) is 30.1 Å². The first-order valence-corrected chi connectivity index (χ1v) is 10.9. The number of hydrogen-bond acceptors (Lipinski definition) is 6. The highest BCUT2D eigenvalue weighted by molar-refractivity contribution is 7.13. The largest absolute Gasteiger partial charge is 0.507 e. The lowest BCUT2D eigenvalue weighted by atomic mass is 10.1. The summed E-state index contributed by atoms with van der Waals surface area (Å²) in [5.41, 5.74) is 1.50. The van der Waals surface area contributed by atoms with E-state index in [0.29, 0.717) is 12.1 Å². The van der Waals surface area contributed by atoms with E-state index in [1.54, 1.807) is 29.7 Å². The third-order valence-electron chi connectivity index (χ3n) is 5.38. The Balaban J connectivity index is 0.00000256. The molecule has 0 bridgehead atoms. The molecule has 1 fully saturated rings. The van der Waals surface area contributed by atoms with Crippen molar-refractivity contribution in [2.24, 2.45) is 0 Å². The van der Waals surface area contributed by atoms with Gasteiger partial charge in [0.05, 0.1) is 22.0 Å². The Kier molecular flexibility index (Phi) is 8.04. The summed E-state index contributed by atoms with van der Waals surface area (Å²) in [7, 11) is 0. The van der Waals surface area contributed by atoms with Gasteiger partial charge in [0.25, 0.3) is 5.91 Å². The van der Waals surface area contributed by atoms with Crippen molar-refractivity contribution in [2.45, 2.75) is 18.9 Å². The molecule has 160 valence electrons. The molecule has 2 heterocycles. The van der Waals surface area contributed by atoms with Gasteiger partial charge in [-0.1, -0.05) is 30.3 Å². The standard InChI is InChI=1S/C22H26N4O2S.ClH/c27-19-9-3-1-7-16(19)22(28)24-11-5-6-13-26-14-12-23-15-18(26)21-17-8-2-4-10-20(17)29-25-21;/h1-4,7-10,18,23,27H,5-6,11-15H2,(H,24,28);1H. The molecule has 3 N–H and O–H groups in total. The van der Waals surface area contributed by atoms with Crippen LogP contribution in [0, 0.1) is 0 Å². The van der Waals surface area contributed by atoms with E-state index >= 15 is 0 Å². The first kappa shape index (κ1) is 22.5. The van der Waals surface area contributed by atoms with Crippen molar-refractivity contribution < 1.29 is 9.90 Å². The molecule has 4 rings (SSSR count). The van der Waals surface area contributed by atoms with Crippen LogP contribution in [0.3, 0.4) is 0 Å². The minimum Gasteiger partial charge on any atom is -0.507 e. The van der Waals surface area contributed by atoms with Crippen LogP contribution >= 0.6 is 23.9 Å². The molecular formula is C22H27ClN4O2S. The molecule has 1 aliphatic heterocycles. The van der Waals surface area contributed by atoms with Crippen molar-refractivity contribution in [3.8, 4) is 5.75 Å². The quantitative estimate of drug-likeness (QED) is 0.483.